The van der Waals surface area contributed by atoms with Crippen LogP contribution in [0.15, 0.2) is 47.6 Å². The second-order valence-corrected chi connectivity index (χ2v) is 5.81. The van der Waals surface area contributed by atoms with Crippen molar-refractivity contribution in [3.05, 3.63) is 59.5 Å². The number of rotatable bonds is 7. The fourth-order valence-corrected chi connectivity index (χ4v) is 2.15. The lowest BCUT2D eigenvalue weighted by Crippen LogP contribution is -2.37. The van der Waals surface area contributed by atoms with E-state index in [0.717, 1.165) is 12.1 Å². The minimum absolute atomic E-state index is 0.0966. The number of aromatic nitrogens is 1. The van der Waals surface area contributed by atoms with Gasteiger partial charge in [-0.1, -0.05) is 24.3 Å². The Morgan fingerprint density at radius 2 is 2.00 bits per heavy atom. The Morgan fingerprint density at radius 1 is 1.20 bits per heavy atom. The summed E-state index contributed by atoms with van der Waals surface area (Å²) in [6.45, 7) is 7.48. The van der Waals surface area contributed by atoms with E-state index in [1.807, 2.05) is 39.0 Å². The van der Waals surface area contributed by atoms with Gasteiger partial charge in [-0.15, -0.1) is 0 Å². The standard InChI is InChI=1S/C19H25FN4O/c1-4-21-19(24-13-16-7-5-6-8-17(16)20)23-12-15-9-10-18(22-11-15)25-14(2)3/h5-11,14H,4,12-13H2,1-3H3,(H2,21,23,24). The Kier molecular flexibility index (Phi) is 7.19. The van der Waals surface area contributed by atoms with Gasteiger partial charge >= 0.3 is 0 Å². The smallest absolute Gasteiger partial charge is 0.213 e. The summed E-state index contributed by atoms with van der Waals surface area (Å²) in [4.78, 5) is 8.78. The van der Waals surface area contributed by atoms with E-state index in [1.165, 1.54) is 6.07 Å². The van der Waals surface area contributed by atoms with Gasteiger partial charge in [-0.25, -0.2) is 14.4 Å². The molecule has 25 heavy (non-hydrogen) atoms. The number of hydrogen-bond donors (Lipinski definition) is 2. The van der Waals surface area contributed by atoms with Crippen LogP contribution >= 0.6 is 0 Å². The molecule has 0 atom stereocenters. The summed E-state index contributed by atoms with van der Waals surface area (Å²) < 4.78 is 19.2. The highest BCUT2D eigenvalue weighted by Gasteiger charge is 2.03. The second-order valence-electron chi connectivity index (χ2n) is 5.81. The third kappa shape index (κ3) is 6.41. The predicted octanol–water partition coefficient (Wildman–Crippen LogP) is 3.26. The lowest BCUT2D eigenvalue weighted by Gasteiger charge is -2.12. The van der Waals surface area contributed by atoms with Crippen molar-refractivity contribution in [2.24, 2.45) is 4.99 Å². The van der Waals surface area contributed by atoms with Gasteiger partial charge in [0, 0.05) is 30.9 Å². The van der Waals surface area contributed by atoms with Crippen LogP contribution in [0.2, 0.25) is 0 Å². The Labute approximate surface area is 148 Å². The van der Waals surface area contributed by atoms with Crippen LogP contribution in [-0.2, 0) is 13.1 Å². The summed E-state index contributed by atoms with van der Waals surface area (Å²) in [6, 6.07) is 10.5. The summed E-state index contributed by atoms with van der Waals surface area (Å²) >= 11 is 0. The number of pyridine rings is 1. The molecule has 1 aromatic heterocycles. The molecule has 0 bridgehead atoms. The van der Waals surface area contributed by atoms with Gasteiger partial charge in [0.15, 0.2) is 5.96 Å². The average molecular weight is 344 g/mol. The third-order valence-corrected chi connectivity index (χ3v) is 3.32. The van der Waals surface area contributed by atoms with E-state index in [2.05, 4.69) is 20.6 Å². The van der Waals surface area contributed by atoms with E-state index in [9.17, 15) is 4.39 Å². The van der Waals surface area contributed by atoms with E-state index in [4.69, 9.17) is 4.74 Å². The molecule has 0 saturated carbocycles. The van der Waals surface area contributed by atoms with Gasteiger partial charge in [0.05, 0.1) is 12.6 Å². The Balaban J connectivity index is 1.95. The molecule has 0 spiro atoms. The molecule has 0 aliphatic rings. The summed E-state index contributed by atoms with van der Waals surface area (Å²) in [5.74, 6) is 1.01. The van der Waals surface area contributed by atoms with Crippen molar-refractivity contribution < 1.29 is 9.13 Å². The van der Waals surface area contributed by atoms with Crippen molar-refractivity contribution in [2.75, 3.05) is 6.54 Å². The molecule has 0 aliphatic carbocycles. The molecule has 0 radical (unpaired) electrons. The van der Waals surface area contributed by atoms with Crippen LogP contribution in [0, 0.1) is 5.82 Å². The Hall–Kier alpha value is -2.63. The molecule has 0 saturated heterocycles. The predicted molar refractivity (Wildman–Crippen MR) is 98.1 cm³/mol. The molecular weight excluding hydrogens is 319 g/mol. The zero-order valence-electron chi connectivity index (χ0n) is 14.9. The van der Waals surface area contributed by atoms with Crippen LogP contribution in [0.4, 0.5) is 4.39 Å². The van der Waals surface area contributed by atoms with E-state index >= 15 is 0 Å². The van der Waals surface area contributed by atoms with Gasteiger partial charge in [0.1, 0.15) is 5.82 Å². The molecule has 0 amide bonds. The van der Waals surface area contributed by atoms with Crippen molar-refractivity contribution in [1.82, 2.24) is 15.6 Å². The van der Waals surface area contributed by atoms with Gasteiger partial charge in [-0.3, -0.25) is 0 Å². The molecule has 0 aliphatic heterocycles. The van der Waals surface area contributed by atoms with E-state index in [-0.39, 0.29) is 11.9 Å². The molecule has 0 fully saturated rings. The van der Waals surface area contributed by atoms with Gasteiger partial charge in [-0.05, 0) is 32.4 Å². The first kappa shape index (κ1) is 18.7. The molecule has 134 valence electrons. The van der Waals surface area contributed by atoms with E-state index in [0.29, 0.717) is 30.5 Å². The zero-order valence-corrected chi connectivity index (χ0v) is 14.9. The minimum atomic E-state index is -0.226. The summed E-state index contributed by atoms with van der Waals surface area (Å²) in [7, 11) is 0. The molecule has 2 N–H and O–H groups in total. The van der Waals surface area contributed by atoms with Crippen molar-refractivity contribution >= 4 is 5.96 Å². The van der Waals surface area contributed by atoms with Gasteiger partial charge in [-0.2, -0.15) is 0 Å². The Morgan fingerprint density at radius 3 is 2.64 bits per heavy atom. The van der Waals surface area contributed by atoms with Crippen LogP contribution in [0.25, 0.3) is 0 Å². The van der Waals surface area contributed by atoms with Crippen LogP contribution in [0.3, 0.4) is 0 Å². The summed E-state index contributed by atoms with van der Waals surface area (Å²) in [5, 5.41) is 6.29. The topological polar surface area (TPSA) is 58.5 Å². The van der Waals surface area contributed by atoms with Gasteiger partial charge in [0.25, 0.3) is 0 Å². The van der Waals surface area contributed by atoms with E-state index < -0.39 is 0 Å². The molecule has 0 unspecified atom stereocenters. The van der Waals surface area contributed by atoms with Crippen LogP contribution < -0.4 is 15.4 Å². The summed E-state index contributed by atoms with van der Waals surface area (Å²) in [6.07, 6.45) is 1.85. The SMILES string of the molecule is CCNC(=NCc1ccc(OC(C)C)nc1)NCc1ccccc1F. The van der Waals surface area contributed by atoms with Crippen LogP contribution in [-0.4, -0.2) is 23.6 Å². The fourth-order valence-electron chi connectivity index (χ4n) is 2.15. The number of nitrogens with zero attached hydrogens (tertiary/aromatic N) is 2. The van der Waals surface area contributed by atoms with Crippen molar-refractivity contribution in [3.8, 4) is 5.88 Å². The normalized spacial score (nSPS) is 11.5. The molecule has 1 aromatic carbocycles. The first-order chi connectivity index (χ1) is 12.1. The number of nitrogens with one attached hydrogen (secondary N) is 2. The average Bonchev–Trinajstić information content (AvgIpc) is 2.59. The number of aliphatic imine (C=N–C) groups is 1. The molecule has 5 nitrogen and oxygen atoms in total. The quantitative estimate of drug-likeness (QED) is 0.598. The summed E-state index contributed by atoms with van der Waals surface area (Å²) in [5.41, 5.74) is 1.57. The highest BCUT2D eigenvalue weighted by atomic mass is 19.1. The second kappa shape index (κ2) is 9.61. The number of halogens is 1. The highest BCUT2D eigenvalue weighted by molar-refractivity contribution is 5.79. The first-order valence-corrected chi connectivity index (χ1v) is 8.45. The maximum Gasteiger partial charge on any atom is 0.213 e. The molecule has 1 heterocycles. The van der Waals surface area contributed by atoms with E-state index in [1.54, 1.807) is 18.3 Å². The number of ether oxygens (including phenoxy) is 1. The number of hydrogen-bond acceptors (Lipinski definition) is 3. The monoisotopic (exact) mass is 344 g/mol. The third-order valence-electron chi connectivity index (χ3n) is 3.32. The molecule has 2 rings (SSSR count). The maximum atomic E-state index is 13.7. The Bertz CT molecular complexity index is 686. The lowest BCUT2D eigenvalue weighted by atomic mass is 10.2. The number of benzene rings is 1. The van der Waals surface area contributed by atoms with Crippen LogP contribution in [0.1, 0.15) is 31.9 Å². The van der Waals surface area contributed by atoms with Crippen LogP contribution in [0.5, 0.6) is 5.88 Å². The molecule has 2 aromatic rings. The molecular formula is C19H25FN4O. The minimum Gasteiger partial charge on any atom is -0.475 e. The molecule has 6 heteroatoms. The number of guanidine groups is 1. The highest BCUT2D eigenvalue weighted by Crippen LogP contribution is 2.10. The first-order valence-electron chi connectivity index (χ1n) is 8.45. The van der Waals surface area contributed by atoms with Gasteiger partial charge < -0.3 is 15.4 Å². The maximum absolute atomic E-state index is 13.7. The van der Waals surface area contributed by atoms with Crippen molar-refractivity contribution in [3.63, 3.8) is 0 Å². The lowest BCUT2D eigenvalue weighted by molar-refractivity contribution is 0.232. The van der Waals surface area contributed by atoms with Crippen molar-refractivity contribution in [1.29, 1.82) is 0 Å². The zero-order chi connectivity index (χ0) is 18.1. The van der Waals surface area contributed by atoms with Gasteiger partial charge in [0.2, 0.25) is 5.88 Å². The van der Waals surface area contributed by atoms with Crippen molar-refractivity contribution in [2.45, 2.75) is 40.0 Å². The largest absolute Gasteiger partial charge is 0.475 e. The fraction of sp³-hybridized carbons (Fsp3) is 0.368.